The molecule has 0 aliphatic carbocycles. The monoisotopic (exact) mass is 324 g/mol. The van der Waals surface area contributed by atoms with Crippen LogP contribution in [-0.4, -0.2) is 15.7 Å². The van der Waals surface area contributed by atoms with Crippen LogP contribution in [0.2, 0.25) is 0 Å². The van der Waals surface area contributed by atoms with E-state index in [1.807, 2.05) is 0 Å². The molecule has 2 rings (SSSR count). The molecular weight excluding hydrogens is 307 g/mol. The molecule has 0 saturated carbocycles. The van der Waals surface area contributed by atoms with Gasteiger partial charge in [0.15, 0.2) is 5.16 Å². The fourth-order valence-electron chi connectivity index (χ4n) is 1.71. The smallest absolute Gasteiger partial charge is 0.251 e. The van der Waals surface area contributed by atoms with Crippen molar-refractivity contribution in [3.63, 3.8) is 0 Å². The van der Waals surface area contributed by atoms with Gasteiger partial charge in [-0.2, -0.15) is 11.8 Å². The molecule has 0 aliphatic heterocycles. The lowest BCUT2D eigenvalue weighted by atomic mass is 10.2. The van der Waals surface area contributed by atoms with E-state index in [0.717, 1.165) is 23.6 Å². The zero-order chi connectivity index (χ0) is 15.1. The number of hydrogen-bond acceptors (Lipinski definition) is 4. The van der Waals surface area contributed by atoms with Gasteiger partial charge in [-0.1, -0.05) is 36.9 Å². The molecule has 0 fully saturated rings. The summed E-state index contributed by atoms with van der Waals surface area (Å²) in [5.41, 5.74) is 1.22. The van der Waals surface area contributed by atoms with Gasteiger partial charge in [0.25, 0.3) is 5.56 Å². The minimum absolute atomic E-state index is 0.159. The van der Waals surface area contributed by atoms with Gasteiger partial charge in [0.1, 0.15) is 5.82 Å². The number of thioether (sulfide) groups is 2. The number of aromatic nitrogens is 2. The third-order valence-corrected chi connectivity index (χ3v) is 4.81. The molecule has 0 bridgehead atoms. The lowest BCUT2D eigenvalue weighted by Crippen LogP contribution is -2.09. The van der Waals surface area contributed by atoms with Crippen molar-refractivity contribution >= 4 is 23.5 Å². The number of benzene rings is 1. The average Bonchev–Trinajstić information content (AvgIpc) is 2.46. The lowest BCUT2D eigenvalue weighted by molar-refractivity contribution is 0.617. The Labute approximate surface area is 131 Å². The zero-order valence-electron chi connectivity index (χ0n) is 11.8. The van der Waals surface area contributed by atoms with Crippen LogP contribution >= 0.6 is 23.5 Å². The largest absolute Gasteiger partial charge is 0.301 e. The molecule has 3 nitrogen and oxygen atoms in total. The fraction of sp³-hybridized carbons (Fsp3) is 0.333. The van der Waals surface area contributed by atoms with Crippen LogP contribution in [0.1, 0.15) is 24.6 Å². The van der Waals surface area contributed by atoms with Crippen LogP contribution in [0, 0.1) is 5.82 Å². The number of hydrogen-bond donors (Lipinski definition) is 1. The van der Waals surface area contributed by atoms with E-state index in [9.17, 15) is 9.18 Å². The van der Waals surface area contributed by atoms with E-state index in [1.54, 1.807) is 30.0 Å². The molecule has 0 atom stereocenters. The van der Waals surface area contributed by atoms with Crippen molar-refractivity contribution in [2.75, 3.05) is 5.75 Å². The van der Waals surface area contributed by atoms with Crippen LogP contribution in [0.4, 0.5) is 4.39 Å². The predicted octanol–water partition coefficient (Wildman–Crippen LogP) is 3.84. The molecule has 0 aliphatic rings. The van der Waals surface area contributed by atoms with Gasteiger partial charge >= 0.3 is 0 Å². The molecule has 0 amide bonds. The summed E-state index contributed by atoms with van der Waals surface area (Å²) in [5, 5.41) is 0.540. The second-order valence-corrected chi connectivity index (χ2v) is 6.54. The van der Waals surface area contributed by atoms with E-state index in [4.69, 9.17) is 0 Å². The molecule has 0 unspecified atom stereocenters. The van der Waals surface area contributed by atoms with Gasteiger partial charge in [-0.15, -0.1) is 0 Å². The topological polar surface area (TPSA) is 45.8 Å². The molecule has 1 heterocycles. The maximum absolute atomic E-state index is 13.5. The average molecular weight is 324 g/mol. The third-order valence-electron chi connectivity index (χ3n) is 2.69. The Kier molecular flexibility index (Phi) is 6.32. The van der Waals surface area contributed by atoms with Crippen molar-refractivity contribution in [1.82, 2.24) is 9.97 Å². The van der Waals surface area contributed by atoms with Gasteiger partial charge in [-0.05, 0) is 23.8 Å². The SMILES string of the molecule is CCCSCc1cc(=O)[nH]c(SCc2ccccc2F)n1. The molecule has 0 saturated heterocycles. The second-order valence-electron chi connectivity index (χ2n) is 4.47. The number of rotatable bonds is 7. The highest BCUT2D eigenvalue weighted by Crippen LogP contribution is 2.21. The first-order valence-corrected chi connectivity index (χ1v) is 8.87. The minimum atomic E-state index is -0.234. The fourth-order valence-corrected chi connectivity index (χ4v) is 3.38. The zero-order valence-corrected chi connectivity index (χ0v) is 13.4. The van der Waals surface area contributed by atoms with Crippen LogP contribution in [0.15, 0.2) is 40.3 Å². The quantitative estimate of drug-likeness (QED) is 0.477. The third kappa shape index (κ3) is 5.21. The summed E-state index contributed by atoms with van der Waals surface area (Å²) in [7, 11) is 0. The van der Waals surface area contributed by atoms with Gasteiger partial charge in [0.2, 0.25) is 0 Å². The Hall–Kier alpha value is -1.27. The first-order chi connectivity index (χ1) is 10.2. The summed E-state index contributed by atoms with van der Waals surface area (Å²) >= 11 is 3.10. The van der Waals surface area contributed by atoms with Crippen LogP contribution < -0.4 is 5.56 Å². The van der Waals surface area contributed by atoms with E-state index in [2.05, 4.69) is 16.9 Å². The van der Waals surface area contributed by atoms with E-state index in [0.29, 0.717) is 16.5 Å². The summed E-state index contributed by atoms with van der Waals surface area (Å²) in [6.45, 7) is 2.12. The maximum Gasteiger partial charge on any atom is 0.251 e. The van der Waals surface area contributed by atoms with E-state index >= 15 is 0 Å². The highest BCUT2D eigenvalue weighted by molar-refractivity contribution is 7.98. The van der Waals surface area contributed by atoms with Crippen LogP contribution in [0.5, 0.6) is 0 Å². The number of nitrogens with zero attached hydrogens (tertiary/aromatic N) is 1. The molecule has 2 aromatic rings. The van der Waals surface area contributed by atoms with E-state index in [-0.39, 0.29) is 11.4 Å². The standard InChI is InChI=1S/C15H17FN2OS2/c1-2-7-20-10-12-8-14(19)18-15(17-12)21-9-11-5-3-4-6-13(11)16/h3-6,8H,2,7,9-10H2,1H3,(H,17,18,19). The van der Waals surface area contributed by atoms with Crippen molar-refractivity contribution < 1.29 is 4.39 Å². The summed E-state index contributed by atoms with van der Waals surface area (Å²) in [4.78, 5) is 18.7. The predicted molar refractivity (Wildman–Crippen MR) is 87.3 cm³/mol. The normalized spacial score (nSPS) is 10.8. The number of H-pyrrole nitrogens is 1. The molecule has 112 valence electrons. The van der Waals surface area contributed by atoms with Gasteiger partial charge in [-0.25, -0.2) is 9.37 Å². The second kappa shape index (κ2) is 8.24. The van der Waals surface area contributed by atoms with E-state index in [1.165, 1.54) is 23.9 Å². The van der Waals surface area contributed by atoms with Gasteiger partial charge < -0.3 is 4.98 Å². The molecule has 1 N–H and O–H groups in total. The summed E-state index contributed by atoms with van der Waals surface area (Å²) in [6, 6.07) is 8.16. The summed E-state index contributed by atoms with van der Waals surface area (Å²) < 4.78 is 13.5. The van der Waals surface area contributed by atoms with Crippen LogP contribution in [0.3, 0.4) is 0 Å². The first-order valence-electron chi connectivity index (χ1n) is 6.73. The Morgan fingerprint density at radius 1 is 1.29 bits per heavy atom. The molecule has 0 radical (unpaired) electrons. The Morgan fingerprint density at radius 2 is 2.10 bits per heavy atom. The molecule has 0 spiro atoms. The van der Waals surface area contributed by atoms with Crippen molar-refractivity contribution in [3.8, 4) is 0 Å². The van der Waals surface area contributed by atoms with Crippen molar-refractivity contribution in [3.05, 3.63) is 57.8 Å². The summed E-state index contributed by atoms with van der Waals surface area (Å²) in [6.07, 6.45) is 1.10. The van der Waals surface area contributed by atoms with Crippen molar-refractivity contribution in [2.45, 2.75) is 30.0 Å². The number of aromatic amines is 1. The maximum atomic E-state index is 13.5. The first kappa shape index (κ1) is 16.1. The van der Waals surface area contributed by atoms with Gasteiger partial charge in [0.05, 0.1) is 5.69 Å². The molecule has 21 heavy (non-hydrogen) atoms. The van der Waals surface area contributed by atoms with Crippen LogP contribution in [-0.2, 0) is 11.5 Å². The Bertz CT molecular complexity index is 646. The molecule has 1 aromatic carbocycles. The number of halogens is 1. The van der Waals surface area contributed by atoms with Crippen molar-refractivity contribution in [2.24, 2.45) is 0 Å². The van der Waals surface area contributed by atoms with Gasteiger partial charge in [0, 0.05) is 17.6 Å². The van der Waals surface area contributed by atoms with E-state index < -0.39 is 0 Å². The highest BCUT2D eigenvalue weighted by Gasteiger charge is 2.05. The molecule has 6 heteroatoms. The lowest BCUT2D eigenvalue weighted by Gasteiger charge is -2.05. The summed E-state index contributed by atoms with van der Waals surface area (Å²) in [5.74, 6) is 1.99. The molecule has 1 aromatic heterocycles. The highest BCUT2D eigenvalue weighted by atomic mass is 32.2. The number of nitrogens with one attached hydrogen (secondary N) is 1. The molecular formula is C15H17FN2OS2. The van der Waals surface area contributed by atoms with Crippen molar-refractivity contribution in [1.29, 1.82) is 0 Å². The Morgan fingerprint density at radius 3 is 2.86 bits per heavy atom. The minimum Gasteiger partial charge on any atom is -0.301 e. The van der Waals surface area contributed by atoms with Gasteiger partial charge in [-0.3, -0.25) is 4.79 Å². The van der Waals surface area contributed by atoms with Crippen LogP contribution in [0.25, 0.3) is 0 Å². The Balaban J connectivity index is 2.03.